The van der Waals surface area contributed by atoms with Crippen LogP contribution < -0.4 is 4.90 Å². The largest absolute Gasteiger partial charge is 0.381 e. The Bertz CT molecular complexity index is 1570. The highest BCUT2D eigenvalue weighted by atomic mass is 35.5. The predicted octanol–water partition coefficient (Wildman–Crippen LogP) is 6.11. The smallest absolute Gasteiger partial charge is 0.245 e. The van der Waals surface area contributed by atoms with E-state index in [0.717, 1.165) is 85.5 Å². The number of piperidine rings is 2. The zero-order chi connectivity index (χ0) is 30.8. The van der Waals surface area contributed by atoms with Crippen LogP contribution in [0.15, 0.2) is 24.9 Å². The number of rotatable bonds is 6. The Labute approximate surface area is 269 Å². The van der Waals surface area contributed by atoms with Gasteiger partial charge in [0.2, 0.25) is 5.91 Å². The zero-order valence-corrected chi connectivity index (χ0v) is 27.6. The zero-order valence-electron chi connectivity index (χ0n) is 26.0. The number of nitrogens with zero attached hydrogens (tertiary/aromatic N) is 6. The van der Waals surface area contributed by atoms with Gasteiger partial charge in [-0.3, -0.25) is 14.6 Å². The molecule has 236 valence electrons. The van der Waals surface area contributed by atoms with Crippen molar-refractivity contribution in [3.8, 4) is 11.1 Å². The number of aromatic nitrogens is 4. The number of carbonyl (C=O) groups is 1. The molecule has 7 rings (SSSR count). The van der Waals surface area contributed by atoms with E-state index in [4.69, 9.17) is 33.0 Å². The highest BCUT2D eigenvalue weighted by Gasteiger charge is 2.47. The maximum absolute atomic E-state index is 12.3. The Morgan fingerprint density at radius 1 is 1.18 bits per heavy atom. The summed E-state index contributed by atoms with van der Waals surface area (Å²) in [5.74, 6) is 1.58. The highest BCUT2D eigenvalue weighted by Crippen LogP contribution is 2.48. The van der Waals surface area contributed by atoms with E-state index in [-0.39, 0.29) is 17.5 Å². The van der Waals surface area contributed by atoms with Crippen molar-refractivity contribution in [1.82, 2.24) is 29.8 Å². The van der Waals surface area contributed by atoms with E-state index in [2.05, 4.69) is 52.0 Å². The molecule has 4 aliphatic rings. The van der Waals surface area contributed by atoms with Crippen molar-refractivity contribution in [1.29, 1.82) is 0 Å². The monoisotopic (exact) mass is 639 g/mol. The summed E-state index contributed by atoms with van der Waals surface area (Å²) in [6, 6.07) is 2.02. The van der Waals surface area contributed by atoms with Gasteiger partial charge in [-0.05, 0) is 70.9 Å². The molecule has 4 saturated heterocycles. The molecular weight excluding hydrogens is 597 g/mol. The first-order chi connectivity index (χ1) is 21.1. The highest BCUT2D eigenvalue weighted by molar-refractivity contribution is 6.45. The van der Waals surface area contributed by atoms with Crippen molar-refractivity contribution in [2.24, 2.45) is 11.3 Å². The lowest BCUT2D eigenvalue weighted by Crippen LogP contribution is -2.59. The molecule has 0 unspecified atom stereocenters. The third-order valence-electron chi connectivity index (χ3n) is 10.7. The molecule has 6 heterocycles. The number of aromatic amines is 1. The molecule has 9 nitrogen and oxygen atoms in total. The van der Waals surface area contributed by atoms with Gasteiger partial charge in [0.25, 0.3) is 0 Å². The van der Waals surface area contributed by atoms with Gasteiger partial charge in [-0.2, -0.15) is 10.2 Å². The van der Waals surface area contributed by atoms with Crippen LogP contribution in [-0.4, -0.2) is 93.7 Å². The van der Waals surface area contributed by atoms with E-state index in [0.29, 0.717) is 34.5 Å². The number of hydrogen-bond donors (Lipinski definition) is 1. The van der Waals surface area contributed by atoms with Gasteiger partial charge in [-0.1, -0.05) is 29.8 Å². The van der Waals surface area contributed by atoms with Crippen LogP contribution in [0.2, 0.25) is 10.0 Å². The number of ether oxygens (including phenoxy) is 1. The number of benzene rings is 1. The lowest BCUT2D eigenvalue weighted by atomic mass is 9.77. The summed E-state index contributed by atoms with van der Waals surface area (Å²) in [7, 11) is 0. The van der Waals surface area contributed by atoms with Gasteiger partial charge in [0.05, 0.1) is 34.4 Å². The van der Waals surface area contributed by atoms with Crippen molar-refractivity contribution >= 4 is 45.8 Å². The molecule has 4 fully saturated rings. The van der Waals surface area contributed by atoms with Crippen LogP contribution in [0.1, 0.15) is 57.7 Å². The molecule has 1 atom stereocenters. The first kappa shape index (κ1) is 30.1. The maximum Gasteiger partial charge on any atom is 0.245 e. The van der Waals surface area contributed by atoms with Crippen LogP contribution in [0.5, 0.6) is 0 Å². The van der Waals surface area contributed by atoms with Gasteiger partial charge in [0, 0.05) is 79.0 Å². The summed E-state index contributed by atoms with van der Waals surface area (Å²) in [4.78, 5) is 19.3. The normalized spacial score (nSPS) is 23.9. The number of hydrogen-bond acceptors (Lipinski definition) is 6. The number of halogens is 2. The van der Waals surface area contributed by atoms with Crippen LogP contribution in [0.3, 0.4) is 0 Å². The van der Waals surface area contributed by atoms with E-state index in [1.807, 2.05) is 17.2 Å². The summed E-state index contributed by atoms with van der Waals surface area (Å²) in [6.45, 7) is 18.1. The van der Waals surface area contributed by atoms with Gasteiger partial charge in [-0.25, -0.2) is 0 Å². The number of H-pyrrole nitrogens is 1. The number of likely N-dealkylation sites (tertiary alicyclic amines) is 2. The van der Waals surface area contributed by atoms with Crippen LogP contribution in [0.4, 0.5) is 5.82 Å². The molecule has 0 aliphatic carbocycles. The molecule has 1 amide bonds. The fraction of sp³-hybridized carbons (Fsp3) is 0.606. The molecule has 0 saturated carbocycles. The molecule has 1 N–H and O–H groups in total. The average molecular weight is 641 g/mol. The minimum Gasteiger partial charge on any atom is -0.381 e. The number of anilines is 1. The van der Waals surface area contributed by atoms with Crippen molar-refractivity contribution in [2.45, 2.75) is 64.5 Å². The Kier molecular flexibility index (Phi) is 7.75. The lowest BCUT2D eigenvalue weighted by Gasteiger charge is -2.51. The first-order valence-corrected chi connectivity index (χ1v) is 16.7. The Morgan fingerprint density at radius 2 is 1.95 bits per heavy atom. The van der Waals surface area contributed by atoms with Crippen LogP contribution in [-0.2, 0) is 9.53 Å². The lowest BCUT2D eigenvalue weighted by molar-refractivity contribution is -0.127. The Morgan fingerprint density at radius 3 is 2.64 bits per heavy atom. The van der Waals surface area contributed by atoms with E-state index in [1.165, 1.54) is 25.6 Å². The molecule has 44 heavy (non-hydrogen) atoms. The summed E-state index contributed by atoms with van der Waals surface area (Å²) in [5, 5.41) is 14.8. The molecule has 1 aromatic carbocycles. The molecule has 11 heteroatoms. The summed E-state index contributed by atoms with van der Waals surface area (Å²) >= 11 is 13.8. The van der Waals surface area contributed by atoms with Crippen molar-refractivity contribution in [3.05, 3.63) is 40.7 Å². The van der Waals surface area contributed by atoms with E-state index in [1.54, 1.807) is 0 Å². The maximum atomic E-state index is 12.3. The second-order valence-electron chi connectivity index (χ2n) is 14.2. The van der Waals surface area contributed by atoms with E-state index < -0.39 is 0 Å². The Hall–Kier alpha value is -2.59. The first-order valence-electron chi connectivity index (χ1n) is 16.0. The van der Waals surface area contributed by atoms with Crippen molar-refractivity contribution in [2.75, 3.05) is 57.4 Å². The Balaban J connectivity index is 1.22. The van der Waals surface area contributed by atoms with Gasteiger partial charge < -0.3 is 19.4 Å². The number of nitrogens with one attached hydrogen (secondary N) is 1. The average Bonchev–Trinajstić information content (AvgIpc) is 3.73. The number of amides is 1. The van der Waals surface area contributed by atoms with Crippen LogP contribution in [0, 0.1) is 18.3 Å². The number of carbonyl (C=O) groups excluding carboxylic acids is 1. The fourth-order valence-corrected chi connectivity index (χ4v) is 8.91. The minimum absolute atomic E-state index is 0.00957. The summed E-state index contributed by atoms with van der Waals surface area (Å²) in [6.07, 6.45) is 8.31. The summed E-state index contributed by atoms with van der Waals surface area (Å²) in [5.41, 5.74) is 4.11. The second-order valence-corrected chi connectivity index (χ2v) is 14.9. The molecule has 0 bridgehead atoms. The minimum atomic E-state index is -0.109. The molecule has 3 aromatic rings. The molecule has 1 spiro atoms. The molecule has 0 radical (unpaired) electrons. The van der Waals surface area contributed by atoms with Gasteiger partial charge in [0.1, 0.15) is 0 Å². The standard InChI is InChI=1S/C33H43Cl2N7O2/c1-5-27(43)40-10-7-23(8-11-40)42-21(2)28(29-24-16-36-37-26(24)14-25(34)30(29)35)31(38-42)41-12-6-22(15-32(41,3)4)17-39-18-33(19-39)9-13-44-20-33/h5,14,16,22-23H,1,6-13,15,17-20H2,2-4H3,(H,36,37)/t22-/m1/s1. The topological polar surface area (TPSA) is 82.5 Å². The fourth-order valence-electron chi connectivity index (χ4n) is 8.46. The molecule has 2 aromatic heterocycles. The molecule has 4 aliphatic heterocycles. The quantitative estimate of drug-likeness (QED) is 0.328. The SMILES string of the molecule is C=CC(=O)N1CCC(n2nc(N3CC[C@@H](CN4CC5(CCOC5)C4)CC3(C)C)c(-c3c(Cl)c(Cl)cc4[nH]ncc34)c2C)CC1. The second kappa shape index (κ2) is 11.3. The summed E-state index contributed by atoms with van der Waals surface area (Å²) < 4.78 is 7.90. The van der Waals surface area contributed by atoms with Crippen LogP contribution in [0.25, 0.3) is 22.0 Å². The van der Waals surface area contributed by atoms with E-state index >= 15 is 0 Å². The van der Waals surface area contributed by atoms with Crippen LogP contribution >= 0.6 is 23.2 Å². The van der Waals surface area contributed by atoms with Crippen molar-refractivity contribution in [3.63, 3.8) is 0 Å². The van der Waals surface area contributed by atoms with Crippen molar-refractivity contribution < 1.29 is 9.53 Å². The third-order valence-corrected chi connectivity index (χ3v) is 11.5. The van der Waals surface area contributed by atoms with Gasteiger partial charge >= 0.3 is 0 Å². The number of fused-ring (bicyclic) bond motifs is 1. The molecular formula is C33H43Cl2N7O2. The third kappa shape index (κ3) is 5.13. The van der Waals surface area contributed by atoms with Gasteiger partial charge in [0.15, 0.2) is 5.82 Å². The van der Waals surface area contributed by atoms with Gasteiger partial charge in [-0.15, -0.1) is 0 Å². The predicted molar refractivity (Wildman–Crippen MR) is 176 cm³/mol. The van der Waals surface area contributed by atoms with E-state index in [9.17, 15) is 4.79 Å².